The minimum atomic E-state index is 0.580. The highest BCUT2D eigenvalue weighted by molar-refractivity contribution is 5.13. The summed E-state index contributed by atoms with van der Waals surface area (Å²) in [5.41, 5.74) is 1.26. The molecule has 1 aliphatic rings. The fourth-order valence-corrected chi connectivity index (χ4v) is 2.08. The number of hydrogen-bond donors (Lipinski definition) is 1. The van der Waals surface area contributed by atoms with Gasteiger partial charge in [0.15, 0.2) is 0 Å². The van der Waals surface area contributed by atoms with E-state index in [4.69, 9.17) is 4.74 Å². The molecule has 2 heteroatoms. The Morgan fingerprint density at radius 1 is 1.29 bits per heavy atom. The van der Waals surface area contributed by atoms with Gasteiger partial charge in [0.1, 0.15) is 0 Å². The van der Waals surface area contributed by atoms with E-state index in [0.29, 0.717) is 6.04 Å². The molecule has 0 heterocycles. The SMILES string of the molecule is CC(CCOCc1ccccc1)NC1CCC1. The molecular formula is C15H23NO. The maximum atomic E-state index is 5.68. The fourth-order valence-electron chi connectivity index (χ4n) is 2.08. The van der Waals surface area contributed by atoms with E-state index in [-0.39, 0.29) is 0 Å². The Labute approximate surface area is 104 Å². The fraction of sp³-hybridized carbons (Fsp3) is 0.600. The molecule has 1 unspecified atom stereocenters. The molecule has 0 spiro atoms. The molecule has 0 bridgehead atoms. The predicted molar refractivity (Wildman–Crippen MR) is 71.0 cm³/mol. The molecule has 1 N–H and O–H groups in total. The van der Waals surface area contributed by atoms with Crippen molar-refractivity contribution in [3.63, 3.8) is 0 Å². The molecule has 2 nitrogen and oxygen atoms in total. The van der Waals surface area contributed by atoms with Crippen LogP contribution in [0.2, 0.25) is 0 Å². The summed E-state index contributed by atoms with van der Waals surface area (Å²) in [4.78, 5) is 0. The molecule has 0 aromatic heterocycles. The highest BCUT2D eigenvalue weighted by Gasteiger charge is 2.18. The standard InChI is InChI=1S/C15H23NO/c1-13(16-15-8-5-9-15)10-11-17-12-14-6-3-2-4-7-14/h2-4,6-7,13,15-16H,5,8-12H2,1H3. The Morgan fingerprint density at radius 2 is 2.06 bits per heavy atom. The van der Waals surface area contributed by atoms with Crippen molar-refractivity contribution in [3.8, 4) is 0 Å². The summed E-state index contributed by atoms with van der Waals surface area (Å²) in [5.74, 6) is 0. The number of nitrogens with one attached hydrogen (secondary N) is 1. The quantitative estimate of drug-likeness (QED) is 0.731. The highest BCUT2D eigenvalue weighted by Crippen LogP contribution is 2.18. The van der Waals surface area contributed by atoms with E-state index >= 15 is 0 Å². The van der Waals surface area contributed by atoms with E-state index in [9.17, 15) is 0 Å². The van der Waals surface area contributed by atoms with Crippen LogP contribution in [0, 0.1) is 0 Å². The second kappa shape index (κ2) is 6.77. The first-order valence-electron chi connectivity index (χ1n) is 6.72. The summed E-state index contributed by atoms with van der Waals surface area (Å²) in [5, 5.41) is 3.63. The van der Waals surface area contributed by atoms with Gasteiger partial charge in [-0.25, -0.2) is 0 Å². The van der Waals surface area contributed by atoms with E-state index in [1.165, 1.54) is 24.8 Å². The second-order valence-corrected chi connectivity index (χ2v) is 5.02. The molecule has 94 valence electrons. The Bertz CT molecular complexity index is 308. The average molecular weight is 233 g/mol. The lowest BCUT2D eigenvalue weighted by Crippen LogP contribution is -2.41. The lowest BCUT2D eigenvalue weighted by atomic mass is 9.92. The van der Waals surface area contributed by atoms with Gasteiger partial charge in [-0.1, -0.05) is 36.8 Å². The molecule has 1 aromatic rings. The van der Waals surface area contributed by atoms with Crippen LogP contribution in [0.5, 0.6) is 0 Å². The topological polar surface area (TPSA) is 21.3 Å². The van der Waals surface area contributed by atoms with Crippen LogP contribution in [-0.2, 0) is 11.3 Å². The van der Waals surface area contributed by atoms with Crippen molar-refractivity contribution in [2.24, 2.45) is 0 Å². The molecule has 1 atom stereocenters. The molecule has 1 saturated carbocycles. The highest BCUT2D eigenvalue weighted by atomic mass is 16.5. The van der Waals surface area contributed by atoms with Crippen LogP contribution in [0.3, 0.4) is 0 Å². The van der Waals surface area contributed by atoms with Gasteiger partial charge in [-0.3, -0.25) is 0 Å². The van der Waals surface area contributed by atoms with E-state index < -0.39 is 0 Å². The van der Waals surface area contributed by atoms with Gasteiger partial charge >= 0.3 is 0 Å². The summed E-state index contributed by atoms with van der Waals surface area (Å²) >= 11 is 0. The third-order valence-electron chi connectivity index (χ3n) is 3.43. The van der Waals surface area contributed by atoms with Crippen LogP contribution in [0.4, 0.5) is 0 Å². The first-order valence-corrected chi connectivity index (χ1v) is 6.72. The number of rotatable bonds is 7. The first kappa shape index (κ1) is 12.6. The summed E-state index contributed by atoms with van der Waals surface area (Å²) in [6.45, 7) is 3.83. The van der Waals surface area contributed by atoms with Gasteiger partial charge in [-0.05, 0) is 31.7 Å². The van der Waals surface area contributed by atoms with Gasteiger partial charge in [-0.15, -0.1) is 0 Å². The predicted octanol–water partition coefficient (Wildman–Crippen LogP) is 3.12. The zero-order chi connectivity index (χ0) is 11.9. The summed E-state index contributed by atoms with van der Waals surface area (Å²) < 4.78 is 5.68. The Kier molecular flexibility index (Phi) is 5.02. The molecule has 0 saturated heterocycles. The lowest BCUT2D eigenvalue weighted by Gasteiger charge is -2.30. The van der Waals surface area contributed by atoms with E-state index in [1.807, 2.05) is 6.07 Å². The maximum Gasteiger partial charge on any atom is 0.0716 e. The molecule has 1 aliphatic carbocycles. The Hall–Kier alpha value is -0.860. The van der Waals surface area contributed by atoms with Crippen LogP contribution in [0.25, 0.3) is 0 Å². The normalized spacial score (nSPS) is 17.7. The molecule has 0 amide bonds. The minimum Gasteiger partial charge on any atom is -0.377 e. The molecular weight excluding hydrogens is 210 g/mol. The zero-order valence-corrected chi connectivity index (χ0v) is 10.7. The van der Waals surface area contributed by atoms with Gasteiger partial charge in [-0.2, -0.15) is 0 Å². The second-order valence-electron chi connectivity index (χ2n) is 5.02. The molecule has 1 aromatic carbocycles. The van der Waals surface area contributed by atoms with Crippen LogP contribution in [0.1, 0.15) is 38.2 Å². The smallest absolute Gasteiger partial charge is 0.0716 e. The van der Waals surface area contributed by atoms with E-state index in [0.717, 1.165) is 25.7 Å². The largest absolute Gasteiger partial charge is 0.377 e. The zero-order valence-electron chi connectivity index (χ0n) is 10.7. The van der Waals surface area contributed by atoms with Gasteiger partial charge in [0, 0.05) is 18.7 Å². The average Bonchev–Trinajstić information content (AvgIpc) is 2.31. The number of ether oxygens (including phenoxy) is 1. The van der Waals surface area contributed by atoms with Crippen molar-refractivity contribution in [1.29, 1.82) is 0 Å². The Morgan fingerprint density at radius 3 is 2.71 bits per heavy atom. The van der Waals surface area contributed by atoms with E-state index in [1.54, 1.807) is 0 Å². The summed E-state index contributed by atoms with van der Waals surface area (Å²) in [7, 11) is 0. The van der Waals surface area contributed by atoms with Gasteiger partial charge in [0.05, 0.1) is 6.61 Å². The molecule has 0 aliphatic heterocycles. The van der Waals surface area contributed by atoms with Gasteiger partial charge < -0.3 is 10.1 Å². The molecule has 17 heavy (non-hydrogen) atoms. The Balaban J connectivity index is 1.53. The summed E-state index contributed by atoms with van der Waals surface area (Å²) in [6.07, 6.45) is 5.21. The van der Waals surface area contributed by atoms with Crippen LogP contribution in [0.15, 0.2) is 30.3 Å². The van der Waals surface area contributed by atoms with Gasteiger partial charge in [0.25, 0.3) is 0 Å². The number of hydrogen-bond acceptors (Lipinski definition) is 2. The van der Waals surface area contributed by atoms with Crippen molar-refractivity contribution >= 4 is 0 Å². The summed E-state index contributed by atoms with van der Waals surface area (Å²) in [6, 6.07) is 11.7. The molecule has 0 radical (unpaired) electrons. The lowest BCUT2D eigenvalue weighted by molar-refractivity contribution is 0.110. The molecule has 2 rings (SSSR count). The molecule has 1 fully saturated rings. The minimum absolute atomic E-state index is 0.580. The first-order chi connectivity index (χ1) is 8.34. The number of benzene rings is 1. The third-order valence-corrected chi connectivity index (χ3v) is 3.43. The van der Waals surface area contributed by atoms with E-state index in [2.05, 4.69) is 36.5 Å². The van der Waals surface area contributed by atoms with Crippen LogP contribution in [-0.4, -0.2) is 18.7 Å². The van der Waals surface area contributed by atoms with Crippen molar-refractivity contribution in [2.75, 3.05) is 6.61 Å². The maximum absolute atomic E-state index is 5.68. The van der Waals surface area contributed by atoms with Crippen LogP contribution < -0.4 is 5.32 Å². The van der Waals surface area contributed by atoms with Gasteiger partial charge in [0.2, 0.25) is 0 Å². The van der Waals surface area contributed by atoms with Crippen molar-refractivity contribution in [1.82, 2.24) is 5.32 Å². The van der Waals surface area contributed by atoms with Crippen molar-refractivity contribution in [3.05, 3.63) is 35.9 Å². The van der Waals surface area contributed by atoms with Crippen molar-refractivity contribution < 1.29 is 4.74 Å². The van der Waals surface area contributed by atoms with Crippen molar-refractivity contribution in [2.45, 2.75) is 51.3 Å². The van der Waals surface area contributed by atoms with Crippen LogP contribution >= 0.6 is 0 Å². The monoisotopic (exact) mass is 233 g/mol. The third kappa shape index (κ3) is 4.49.